The molecule has 1 spiro atoms. The molecular weight excluding hydrogens is 264 g/mol. The molecule has 2 saturated heterocycles. The number of halogens is 1. The van der Waals surface area contributed by atoms with Crippen molar-refractivity contribution >= 4 is 34.9 Å². The number of imide groups is 1. The molecule has 0 radical (unpaired) electrons. The molecule has 0 aromatic carbocycles. The first-order chi connectivity index (χ1) is 8.11. The summed E-state index contributed by atoms with van der Waals surface area (Å²) in [5.41, 5.74) is -0.807. The first-order valence-electron chi connectivity index (χ1n) is 5.07. The number of hydrogen-bond acceptors (Lipinski definition) is 4. The van der Waals surface area contributed by atoms with Crippen molar-refractivity contribution in [3.63, 3.8) is 0 Å². The van der Waals surface area contributed by atoms with Gasteiger partial charge in [0.2, 0.25) is 0 Å². The normalized spacial score (nSPS) is 21.8. The van der Waals surface area contributed by atoms with Crippen LogP contribution >= 0.6 is 22.9 Å². The summed E-state index contributed by atoms with van der Waals surface area (Å²) in [5.74, 6) is -0.210. The molecule has 0 unspecified atom stereocenters. The zero-order valence-electron chi connectivity index (χ0n) is 8.73. The molecule has 0 saturated carbocycles. The predicted molar refractivity (Wildman–Crippen MR) is 62.0 cm³/mol. The fourth-order valence-corrected chi connectivity index (χ4v) is 2.99. The average molecular weight is 273 g/mol. The lowest BCUT2D eigenvalue weighted by Gasteiger charge is -2.34. The molecule has 2 aliphatic heterocycles. The van der Waals surface area contributed by atoms with Crippen molar-refractivity contribution in [2.75, 3.05) is 13.2 Å². The van der Waals surface area contributed by atoms with Crippen molar-refractivity contribution in [2.45, 2.75) is 12.1 Å². The highest BCUT2D eigenvalue weighted by Gasteiger charge is 2.56. The molecule has 5 nitrogen and oxygen atoms in total. The molecule has 1 N–H and O–H groups in total. The third-order valence-corrected chi connectivity index (χ3v) is 4.10. The lowest BCUT2D eigenvalue weighted by Crippen LogP contribution is -2.62. The lowest BCUT2D eigenvalue weighted by atomic mass is 9.98. The monoisotopic (exact) mass is 272 g/mol. The van der Waals surface area contributed by atoms with Crippen LogP contribution in [0.1, 0.15) is 4.88 Å². The highest BCUT2D eigenvalue weighted by molar-refractivity contribution is 7.16. The number of nitrogens with one attached hydrogen (secondary N) is 1. The van der Waals surface area contributed by atoms with Crippen LogP contribution in [0.5, 0.6) is 0 Å². The second kappa shape index (κ2) is 3.69. The van der Waals surface area contributed by atoms with E-state index in [2.05, 4.69) is 5.32 Å². The minimum absolute atomic E-state index is 0.210. The fraction of sp³-hybridized carbons (Fsp3) is 0.400. The van der Waals surface area contributed by atoms with E-state index in [4.69, 9.17) is 16.3 Å². The Kier molecular flexibility index (Phi) is 2.39. The van der Waals surface area contributed by atoms with Crippen molar-refractivity contribution < 1.29 is 14.3 Å². The van der Waals surface area contributed by atoms with Gasteiger partial charge in [-0.1, -0.05) is 11.6 Å². The third-order valence-electron chi connectivity index (χ3n) is 2.89. The Morgan fingerprint density at radius 2 is 2.24 bits per heavy atom. The molecule has 3 rings (SSSR count). The molecule has 1 aromatic rings. The summed E-state index contributed by atoms with van der Waals surface area (Å²) < 4.78 is 5.65. The zero-order valence-corrected chi connectivity index (χ0v) is 10.3. The first kappa shape index (κ1) is 11.0. The van der Waals surface area contributed by atoms with Gasteiger partial charge in [-0.25, -0.2) is 4.79 Å². The minimum atomic E-state index is -0.807. The van der Waals surface area contributed by atoms with Gasteiger partial charge in [-0.15, -0.1) is 11.3 Å². The van der Waals surface area contributed by atoms with Crippen LogP contribution in [0.2, 0.25) is 4.34 Å². The topological polar surface area (TPSA) is 58.6 Å². The summed E-state index contributed by atoms with van der Waals surface area (Å²) in [6, 6.07) is 3.21. The van der Waals surface area contributed by atoms with Crippen LogP contribution < -0.4 is 5.32 Å². The third kappa shape index (κ3) is 1.64. The van der Waals surface area contributed by atoms with E-state index >= 15 is 0 Å². The molecule has 0 aliphatic carbocycles. The van der Waals surface area contributed by atoms with Crippen LogP contribution in [0.15, 0.2) is 12.1 Å². The van der Waals surface area contributed by atoms with E-state index in [1.165, 1.54) is 16.2 Å². The van der Waals surface area contributed by atoms with Gasteiger partial charge < -0.3 is 10.1 Å². The number of nitrogens with zero attached hydrogens (tertiary/aromatic N) is 1. The molecule has 90 valence electrons. The van der Waals surface area contributed by atoms with Gasteiger partial charge in [-0.05, 0) is 12.1 Å². The molecule has 2 aliphatic rings. The van der Waals surface area contributed by atoms with E-state index in [0.29, 0.717) is 4.34 Å². The molecule has 1 aromatic heterocycles. The van der Waals surface area contributed by atoms with Crippen LogP contribution in [0, 0.1) is 0 Å². The Morgan fingerprint density at radius 1 is 1.47 bits per heavy atom. The van der Waals surface area contributed by atoms with E-state index in [-0.39, 0.29) is 31.7 Å². The van der Waals surface area contributed by atoms with Crippen molar-refractivity contribution in [1.82, 2.24) is 10.2 Å². The van der Waals surface area contributed by atoms with Gasteiger partial charge in [0.05, 0.1) is 24.1 Å². The molecule has 2 fully saturated rings. The number of hydrogen-bond donors (Lipinski definition) is 1. The summed E-state index contributed by atoms with van der Waals surface area (Å²) in [6.07, 6.45) is 0. The van der Waals surface area contributed by atoms with Gasteiger partial charge in [-0.2, -0.15) is 0 Å². The van der Waals surface area contributed by atoms with E-state index in [9.17, 15) is 9.59 Å². The Morgan fingerprint density at radius 3 is 2.71 bits per heavy atom. The van der Waals surface area contributed by atoms with Crippen LogP contribution in [0.4, 0.5) is 4.79 Å². The highest BCUT2D eigenvalue weighted by Crippen LogP contribution is 2.29. The van der Waals surface area contributed by atoms with Crippen LogP contribution in [0.3, 0.4) is 0 Å². The number of ether oxygens (including phenoxy) is 1. The average Bonchev–Trinajstić information content (AvgIpc) is 2.74. The van der Waals surface area contributed by atoms with Crippen molar-refractivity contribution in [3.8, 4) is 0 Å². The standard InChI is InChI=1S/C10H9ClN2O3S/c11-7-2-1-6(17-7)3-13-8(14)10(4-16-5-10)12-9(13)15/h1-2H,3-5H2,(H,12,15). The number of carbonyl (C=O) groups is 2. The molecule has 7 heteroatoms. The first-order valence-corrected chi connectivity index (χ1v) is 6.26. The van der Waals surface area contributed by atoms with Gasteiger partial charge in [0, 0.05) is 4.88 Å². The van der Waals surface area contributed by atoms with Gasteiger partial charge in [0.25, 0.3) is 5.91 Å². The Hall–Kier alpha value is -1.11. The maximum absolute atomic E-state index is 12.1. The largest absolute Gasteiger partial charge is 0.375 e. The van der Waals surface area contributed by atoms with Gasteiger partial charge >= 0.3 is 6.03 Å². The predicted octanol–water partition coefficient (Wildman–Crippen LogP) is 1.22. The highest BCUT2D eigenvalue weighted by atomic mass is 35.5. The van der Waals surface area contributed by atoms with Crippen molar-refractivity contribution in [3.05, 3.63) is 21.3 Å². The smallest absolute Gasteiger partial charge is 0.325 e. The van der Waals surface area contributed by atoms with Gasteiger partial charge in [0.15, 0.2) is 5.54 Å². The molecule has 3 heterocycles. The lowest BCUT2D eigenvalue weighted by molar-refractivity contribution is -0.148. The van der Waals surface area contributed by atoms with E-state index < -0.39 is 5.54 Å². The summed E-state index contributed by atoms with van der Waals surface area (Å²) in [7, 11) is 0. The second-order valence-electron chi connectivity index (χ2n) is 4.10. The number of thiophene rings is 1. The van der Waals surface area contributed by atoms with Gasteiger partial charge in [-0.3, -0.25) is 9.69 Å². The summed E-state index contributed by atoms with van der Waals surface area (Å²) in [5, 5.41) is 2.68. The van der Waals surface area contributed by atoms with E-state index in [0.717, 1.165) is 4.88 Å². The molecule has 3 amide bonds. The van der Waals surface area contributed by atoms with Crippen LogP contribution in [0.25, 0.3) is 0 Å². The molecule has 0 atom stereocenters. The van der Waals surface area contributed by atoms with E-state index in [1.807, 2.05) is 6.07 Å². The molecule has 0 bridgehead atoms. The summed E-state index contributed by atoms with van der Waals surface area (Å²) >= 11 is 7.17. The number of urea groups is 1. The SMILES string of the molecule is O=C1NC2(COC2)C(=O)N1Cc1ccc(Cl)s1. The van der Waals surface area contributed by atoms with E-state index in [1.54, 1.807) is 6.07 Å². The molecule has 17 heavy (non-hydrogen) atoms. The molecular formula is C10H9ClN2O3S. The zero-order chi connectivity index (χ0) is 12.0. The number of rotatable bonds is 2. The van der Waals surface area contributed by atoms with Crippen LogP contribution in [-0.4, -0.2) is 35.6 Å². The fourth-order valence-electron chi connectivity index (χ4n) is 1.91. The Labute approximate surface area is 106 Å². The number of amides is 3. The second-order valence-corrected chi connectivity index (χ2v) is 5.90. The van der Waals surface area contributed by atoms with Crippen LogP contribution in [-0.2, 0) is 16.1 Å². The summed E-state index contributed by atoms with van der Waals surface area (Å²) in [6.45, 7) is 0.794. The van der Waals surface area contributed by atoms with Crippen molar-refractivity contribution in [1.29, 1.82) is 0 Å². The number of carbonyl (C=O) groups excluding carboxylic acids is 2. The maximum Gasteiger partial charge on any atom is 0.325 e. The van der Waals surface area contributed by atoms with Crippen molar-refractivity contribution in [2.24, 2.45) is 0 Å². The van der Waals surface area contributed by atoms with Gasteiger partial charge in [0.1, 0.15) is 0 Å². The Bertz CT molecular complexity index is 497. The maximum atomic E-state index is 12.1. The minimum Gasteiger partial charge on any atom is -0.375 e. The summed E-state index contributed by atoms with van der Waals surface area (Å²) in [4.78, 5) is 25.9. The Balaban J connectivity index is 1.79. The quantitative estimate of drug-likeness (QED) is 0.824.